The van der Waals surface area contributed by atoms with Crippen molar-refractivity contribution in [2.45, 2.75) is 18.9 Å². The van der Waals surface area contributed by atoms with Gasteiger partial charge in [0, 0.05) is 30.7 Å². The first kappa shape index (κ1) is 13.8. The molecular formula is C14H15N3O3S. The number of piperidine rings is 1. The van der Waals surface area contributed by atoms with Gasteiger partial charge < -0.3 is 14.6 Å². The number of likely N-dealkylation sites (tertiary alicyclic amines) is 1. The lowest BCUT2D eigenvalue weighted by atomic mass is 10.0. The predicted molar refractivity (Wildman–Crippen MR) is 77.7 cm³/mol. The molecule has 1 saturated heterocycles. The number of aromatic carboxylic acids is 1. The highest BCUT2D eigenvalue weighted by molar-refractivity contribution is 7.07. The van der Waals surface area contributed by atoms with Crippen LogP contribution in [0.3, 0.4) is 0 Å². The van der Waals surface area contributed by atoms with Crippen molar-refractivity contribution < 1.29 is 14.7 Å². The Morgan fingerprint density at radius 2 is 2.10 bits per heavy atom. The summed E-state index contributed by atoms with van der Waals surface area (Å²) in [7, 11) is 0. The SMILES string of the molecule is O=C(O)c1cccn1C1CCN(C(=O)c2cscn2)CC1. The Morgan fingerprint density at radius 3 is 2.71 bits per heavy atom. The van der Waals surface area contributed by atoms with E-state index < -0.39 is 5.97 Å². The third-order valence-electron chi connectivity index (χ3n) is 3.79. The Bertz CT molecular complexity index is 642. The Morgan fingerprint density at radius 1 is 1.33 bits per heavy atom. The number of carboxylic acid groups (broad SMARTS) is 1. The van der Waals surface area contributed by atoms with Crippen molar-refractivity contribution in [1.82, 2.24) is 14.5 Å². The van der Waals surface area contributed by atoms with Gasteiger partial charge in [-0.1, -0.05) is 0 Å². The van der Waals surface area contributed by atoms with Gasteiger partial charge in [-0.25, -0.2) is 9.78 Å². The van der Waals surface area contributed by atoms with Gasteiger partial charge in [-0.2, -0.15) is 0 Å². The minimum absolute atomic E-state index is 0.0411. The number of thiazole rings is 1. The fraction of sp³-hybridized carbons (Fsp3) is 0.357. The smallest absolute Gasteiger partial charge is 0.352 e. The standard InChI is InChI=1S/C14H15N3O3S/c18-13(11-8-21-9-15-11)16-6-3-10(4-7-16)17-5-1-2-12(17)14(19)20/h1-2,5,8-10H,3-4,6-7H2,(H,19,20). The van der Waals surface area contributed by atoms with E-state index in [1.54, 1.807) is 38.7 Å². The fourth-order valence-corrected chi connectivity index (χ4v) is 3.25. The van der Waals surface area contributed by atoms with Crippen LogP contribution in [0.5, 0.6) is 0 Å². The lowest BCUT2D eigenvalue weighted by molar-refractivity contribution is 0.0648. The number of hydrogen-bond donors (Lipinski definition) is 1. The molecule has 2 aromatic heterocycles. The Balaban J connectivity index is 1.66. The summed E-state index contributed by atoms with van der Waals surface area (Å²) in [6, 6.07) is 3.48. The topological polar surface area (TPSA) is 75.4 Å². The summed E-state index contributed by atoms with van der Waals surface area (Å²) in [4.78, 5) is 29.2. The molecule has 0 saturated carbocycles. The van der Waals surface area contributed by atoms with Gasteiger partial charge >= 0.3 is 5.97 Å². The van der Waals surface area contributed by atoms with Crippen molar-refractivity contribution >= 4 is 23.2 Å². The molecule has 1 fully saturated rings. The van der Waals surface area contributed by atoms with Crippen molar-refractivity contribution in [1.29, 1.82) is 0 Å². The molecule has 0 atom stereocenters. The molecule has 0 unspecified atom stereocenters. The third kappa shape index (κ3) is 2.69. The minimum atomic E-state index is -0.916. The molecule has 0 aliphatic carbocycles. The molecule has 110 valence electrons. The lowest BCUT2D eigenvalue weighted by Crippen LogP contribution is -2.39. The van der Waals surface area contributed by atoms with E-state index in [0.717, 1.165) is 12.8 Å². The summed E-state index contributed by atoms with van der Waals surface area (Å²) in [5.74, 6) is -0.957. The van der Waals surface area contributed by atoms with Crippen LogP contribution in [0, 0.1) is 0 Å². The summed E-state index contributed by atoms with van der Waals surface area (Å²) in [5.41, 5.74) is 2.45. The molecule has 1 aliphatic rings. The van der Waals surface area contributed by atoms with E-state index in [0.29, 0.717) is 24.5 Å². The molecule has 6 nitrogen and oxygen atoms in total. The Labute approximate surface area is 125 Å². The molecule has 1 amide bonds. The zero-order valence-electron chi connectivity index (χ0n) is 11.3. The molecule has 0 radical (unpaired) electrons. The van der Waals surface area contributed by atoms with Gasteiger partial charge in [-0.3, -0.25) is 4.79 Å². The molecule has 0 bridgehead atoms. The van der Waals surface area contributed by atoms with Crippen molar-refractivity contribution in [3.8, 4) is 0 Å². The van der Waals surface area contributed by atoms with E-state index in [1.807, 2.05) is 0 Å². The third-order valence-corrected chi connectivity index (χ3v) is 4.38. The van der Waals surface area contributed by atoms with E-state index >= 15 is 0 Å². The number of hydrogen-bond acceptors (Lipinski definition) is 4. The van der Waals surface area contributed by atoms with E-state index in [4.69, 9.17) is 5.11 Å². The molecule has 1 N–H and O–H groups in total. The van der Waals surface area contributed by atoms with Crippen molar-refractivity contribution in [3.05, 3.63) is 40.6 Å². The summed E-state index contributed by atoms with van der Waals surface area (Å²) in [5, 5.41) is 10.9. The number of nitrogens with zero attached hydrogens (tertiary/aromatic N) is 3. The van der Waals surface area contributed by atoms with Crippen LogP contribution < -0.4 is 0 Å². The molecule has 21 heavy (non-hydrogen) atoms. The van der Waals surface area contributed by atoms with Gasteiger partial charge in [0.05, 0.1) is 5.51 Å². The first-order chi connectivity index (χ1) is 10.2. The highest BCUT2D eigenvalue weighted by Crippen LogP contribution is 2.25. The zero-order chi connectivity index (χ0) is 14.8. The van der Waals surface area contributed by atoms with E-state index in [-0.39, 0.29) is 11.9 Å². The number of rotatable bonds is 3. The van der Waals surface area contributed by atoms with Gasteiger partial charge in [0.2, 0.25) is 0 Å². The normalized spacial score (nSPS) is 16.1. The van der Waals surface area contributed by atoms with Crippen molar-refractivity contribution in [3.63, 3.8) is 0 Å². The number of carbonyl (C=O) groups excluding carboxylic acids is 1. The molecule has 1 aliphatic heterocycles. The van der Waals surface area contributed by atoms with Crippen LogP contribution >= 0.6 is 11.3 Å². The van der Waals surface area contributed by atoms with Gasteiger partial charge in [-0.15, -0.1) is 11.3 Å². The van der Waals surface area contributed by atoms with Crippen LogP contribution in [0.4, 0.5) is 0 Å². The first-order valence-corrected chi connectivity index (χ1v) is 7.68. The Kier molecular flexibility index (Phi) is 3.74. The van der Waals surface area contributed by atoms with Crippen molar-refractivity contribution in [2.24, 2.45) is 0 Å². The summed E-state index contributed by atoms with van der Waals surface area (Å²) in [6.07, 6.45) is 3.31. The maximum absolute atomic E-state index is 12.2. The van der Waals surface area contributed by atoms with Gasteiger partial charge in [0.15, 0.2) is 0 Å². The van der Waals surface area contributed by atoms with Gasteiger partial charge in [-0.05, 0) is 25.0 Å². The lowest BCUT2D eigenvalue weighted by Gasteiger charge is -2.32. The van der Waals surface area contributed by atoms with E-state index in [9.17, 15) is 9.59 Å². The minimum Gasteiger partial charge on any atom is -0.477 e. The second-order valence-corrected chi connectivity index (χ2v) is 5.72. The van der Waals surface area contributed by atoms with Gasteiger partial charge in [0.25, 0.3) is 5.91 Å². The highest BCUT2D eigenvalue weighted by atomic mass is 32.1. The molecular weight excluding hydrogens is 290 g/mol. The quantitative estimate of drug-likeness (QED) is 0.942. The zero-order valence-corrected chi connectivity index (χ0v) is 12.1. The Hall–Kier alpha value is -2.15. The van der Waals surface area contributed by atoms with Crippen LogP contribution in [0.1, 0.15) is 39.9 Å². The van der Waals surface area contributed by atoms with E-state index in [2.05, 4.69) is 4.98 Å². The molecule has 7 heteroatoms. The molecule has 0 spiro atoms. The number of carbonyl (C=O) groups is 2. The average molecular weight is 305 g/mol. The molecule has 3 rings (SSSR count). The maximum Gasteiger partial charge on any atom is 0.352 e. The maximum atomic E-state index is 12.2. The number of aromatic nitrogens is 2. The van der Waals surface area contributed by atoms with E-state index in [1.165, 1.54) is 11.3 Å². The largest absolute Gasteiger partial charge is 0.477 e. The second kappa shape index (κ2) is 5.69. The predicted octanol–water partition coefficient (Wildman–Crippen LogP) is 2.12. The monoisotopic (exact) mass is 305 g/mol. The van der Waals surface area contributed by atoms with Crippen LogP contribution in [0.2, 0.25) is 0 Å². The fourth-order valence-electron chi connectivity index (χ4n) is 2.72. The van der Waals surface area contributed by atoms with Crippen LogP contribution in [-0.4, -0.2) is 44.5 Å². The van der Waals surface area contributed by atoms with Crippen molar-refractivity contribution in [2.75, 3.05) is 13.1 Å². The molecule has 0 aromatic carbocycles. The highest BCUT2D eigenvalue weighted by Gasteiger charge is 2.26. The van der Waals surface area contributed by atoms with Crippen LogP contribution in [-0.2, 0) is 0 Å². The van der Waals surface area contributed by atoms with Crippen LogP contribution in [0.25, 0.3) is 0 Å². The second-order valence-electron chi connectivity index (χ2n) is 5.00. The summed E-state index contributed by atoms with van der Waals surface area (Å²) >= 11 is 1.41. The molecule has 2 aromatic rings. The first-order valence-electron chi connectivity index (χ1n) is 6.74. The van der Waals surface area contributed by atoms with Crippen LogP contribution in [0.15, 0.2) is 29.2 Å². The number of amides is 1. The summed E-state index contributed by atoms with van der Waals surface area (Å²) in [6.45, 7) is 1.25. The molecule has 3 heterocycles. The average Bonchev–Trinajstić information content (AvgIpc) is 3.18. The van der Waals surface area contributed by atoms with Gasteiger partial charge in [0.1, 0.15) is 11.4 Å². The summed E-state index contributed by atoms with van der Waals surface area (Å²) < 4.78 is 1.80. The number of carboxylic acids is 1.